The van der Waals surface area contributed by atoms with Gasteiger partial charge in [-0.15, -0.1) is 0 Å². The Bertz CT molecular complexity index is 404. The lowest BCUT2D eigenvalue weighted by molar-refractivity contribution is 0.156. The molecular formula is C15H21NO3. The van der Waals surface area contributed by atoms with Crippen LogP contribution < -0.4 is 10.1 Å². The second-order valence-corrected chi connectivity index (χ2v) is 4.06. The van der Waals surface area contributed by atoms with E-state index >= 15 is 0 Å². The molecule has 1 amide bonds. The first-order chi connectivity index (χ1) is 9.26. The van der Waals surface area contributed by atoms with Gasteiger partial charge in [-0.2, -0.15) is 0 Å². The fourth-order valence-electron chi connectivity index (χ4n) is 1.59. The molecule has 0 aromatic heterocycles. The SMILES string of the molecule is C=CCOC(=O)NCCOc1cccc(CCC)c1. The van der Waals surface area contributed by atoms with Crippen LogP contribution in [0.4, 0.5) is 4.79 Å². The second-order valence-electron chi connectivity index (χ2n) is 4.06. The van der Waals surface area contributed by atoms with Gasteiger partial charge in [0.05, 0.1) is 6.54 Å². The fraction of sp³-hybridized carbons (Fsp3) is 0.400. The highest BCUT2D eigenvalue weighted by Crippen LogP contribution is 2.14. The minimum atomic E-state index is -0.455. The van der Waals surface area contributed by atoms with Crippen molar-refractivity contribution in [3.8, 4) is 5.75 Å². The van der Waals surface area contributed by atoms with Crippen molar-refractivity contribution in [1.29, 1.82) is 0 Å². The maximum absolute atomic E-state index is 11.1. The third-order valence-electron chi connectivity index (χ3n) is 2.41. The van der Waals surface area contributed by atoms with Gasteiger partial charge >= 0.3 is 6.09 Å². The molecule has 0 atom stereocenters. The molecule has 0 aliphatic carbocycles. The molecule has 0 saturated carbocycles. The van der Waals surface area contributed by atoms with E-state index in [1.807, 2.05) is 18.2 Å². The van der Waals surface area contributed by atoms with Crippen molar-refractivity contribution in [3.63, 3.8) is 0 Å². The molecule has 0 aliphatic rings. The largest absolute Gasteiger partial charge is 0.492 e. The van der Waals surface area contributed by atoms with E-state index in [0.29, 0.717) is 13.2 Å². The molecule has 0 aliphatic heterocycles. The first kappa shape index (κ1) is 15.1. The Morgan fingerprint density at radius 3 is 3.05 bits per heavy atom. The molecular weight excluding hydrogens is 242 g/mol. The van der Waals surface area contributed by atoms with Crippen LogP contribution in [0.3, 0.4) is 0 Å². The average molecular weight is 263 g/mol. The number of hydrogen-bond acceptors (Lipinski definition) is 3. The van der Waals surface area contributed by atoms with Gasteiger partial charge in [-0.3, -0.25) is 0 Å². The quantitative estimate of drug-likeness (QED) is 0.579. The number of rotatable bonds is 8. The van der Waals surface area contributed by atoms with Crippen molar-refractivity contribution in [3.05, 3.63) is 42.5 Å². The van der Waals surface area contributed by atoms with E-state index in [1.54, 1.807) is 0 Å². The minimum Gasteiger partial charge on any atom is -0.492 e. The summed E-state index contributed by atoms with van der Waals surface area (Å²) in [5.41, 5.74) is 1.26. The van der Waals surface area contributed by atoms with Crippen LogP contribution in [0.15, 0.2) is 36.9 Å². The van der Waals surface area contributed by atoms with Gasteiger partial charge < -0.3 is 14.8 Å². The average Bonchev–Trinajstić information content (AvgIpc) is 2.42. The molecule has 1 aromatic carbocycles. The number of benzene rings is 1. The Labute approximate surface area is 114 Å². The summed E-state index contributed by atoms with van der Waals surface area (Å²) >= 11 is 0. The third kappa shape index (κ3) is 6.50. The molecule has 1 aromatic rings. The Hall–Kier alpha value is -1.97. The number of nitrogens with one attached hydrogen (secondary N) is 1. The third-order valence-corrected chi connectivity index (χ3v) is 2.41. The minimum absolute atomic E-state index is 0.214. The first-order valence-electron chi connectivity index (χ1n) is 6.49. The van der Waals surface area contributed by atoms with E-state index in [0.717, 1.165) is 18.6 Å². The van der Waals surface area contributed by atoms with Gasteiger partial charge in [0.1, 0.15) is 19.0 Å². The van der Waals surface area contributed by atoms with E-state index in [4.69, 9.17) is 9.47 Å². The highest BCUT2D eigenvalue weighted by atomic mass is 16.5. The second kappa shape index (κ2) is 9.03. The topological polar surface area (TPSA) is 47.6 Å². The monoisotopic (exact) mass is 263 g/mol. The van der Waals surface area contributed by atoms with Gasteiger partial charge in [0, 0.05) is 0 Å². The molecule has 0 fully saturated rings. The highest BCUT2D eigenvalue weighted by Gasteiger charge is 2.00. The van der Waals surface area contributed by atoms with Crippen LogP contribution >= 0.6 is 0 Å². The number of carbonyl (C=O) groups excluding carboxylic acids is 1. The van der Waals surface area contributed by atoms with E-state index in [2.05, 4.69) is 24.9 Å². The summed E-state index contributed by atoms with van der Waals surface area (Å²) in [6, 6.07) is 8.00. The van der Waals surface area contributed by atoms with Crippen molar-refractivity contribution in [2.24, 2.45) is 0 Å². The molecule has 0 bridgehead atoms. The highest BCUT2D eigenvalue weighted by molar-refractivity contribution is 5.67. The molecule has 0 saturated heterocycles. The summed E-state index contributed by atoms with van der Waals surface area (Å²) in [6.45, 7) is 6.65. The molecule has 0 spiro atoms. The summed E-state index contributed by atoms with van der Waals surface area (Å²) in [6.07, 6.45) is 3.22. The van der Waals surface area contributed by atoms with Gasteiger partial charge in [0.2, 0.25) is 0 Å². The fourth-order valence-corrected chi connectivity index (χ4v) is 1.59. The van der Waals surface area contributed by atoms with Crippen molar-refractivity contribution in [1.82, 2.24) is 5.32 Å². The lowest BCUT2D eigenvalue weighted by Gasteiger charge is -2.08. The molecule has 0 radical (unpaired) electrons. The molecule has 0 heterocycles. The van der Waals surface area contributed by atoms with Crippen LogP contribution in [0.5, 0.6) is 5.75 Å². The summed E-state index contributed by atoms with van der Waals surface area (Å²) in [5, 5.41) is 2.59. The van der Waals surface area contributed by atoms with Crippen molar-refractivity contribution in [2.75, 3.05) is 19.8 Å². The van der Waals surface area contributed by atoms with Gasteiger partial charge in [-0.25, -0.2) is 4.79 Å². The maximum Gasteiger partial charge on any atom is 0.407 e. The number of amides is 1. The predicted octanol–water partition coefficient (Wildman–Crippen LogP) is 2.93. The lowest BCUT2D eigenvalue weighted by Crippen LogP contribution is -2.28. The summed E-state index contributed by atoms with van der Waals surface area (Å²) < 4.78 is 10.3. The Morgan fingerprint density at radius 2 is 2.32 bits per heavy atom. The number of carbonyl (C=O) groups is 1. The van der Waals surface area contributed by atoms with E-state index in [-0.39, 0.29) is 6.61 Å². The smallest absolute Gasteiger partial charge is 0.407 e. The van der Waals surface area contributed by atoms with Gasteiger partial charge in [0.25, 0.3) is 0 Å². The van der Waals surface area contributed by atoms with Gasteiger partial charge in [0.15, 0.2) is 0 Å². The molecule has 104 valence electrons. The van der Waals surface area contributed by atoms with Crippen LogP contribution in [0.1, 0.15) is 18.9 Å². The predicted molar refractivity (Wildman–Crippen MR) is 75.5 cm³/mol. The molecule has 0 unspecified atom stereocenters. The molecule has 1 rings (SSSR count). The van der Waals surface area contributed by atoms with E-state index in [1.165, 1.54) is 11.6 Å². The number of ether oxygens (including phenoxy) is 2. The van der Waals surface area contributed by atoms with Crippen LogP contribution in [-0.2, 0) is 11.2 Å². The van der Waals surface area contributed by atoms with E-state index in [9.17, 15) is 4.79 Å². The zero-order valence-electron chi connectivity index (χ0n) is 11.4. The molecule has 4 nitrogen and oxygen atoms in total. The number of alkyl carbamates (subject to hydrolysis) is 1. The van der Waals surface area contributed by atoms with Crippen molar-refractivity contribution < 1.29 is 14.3 Å². The van der Waals surface area contributed by atoms with Gasteiger partial charge in [-0.05, 0) is 24.1 Å². The summed E-state index contributed by atoms with van der Waals surface area (Å²) in [7, 11) is 0. The number of hydrogen-bond donors (Lipinski definition) is 1. The Morgan fingerprint density at radius 1 is 1.47 bits per heavy atom. The Kier molecular flexibility index (Phi) is 7.17. The van der Waals surface area contributed by atoms with Gasteiger partial charge in [-0.1, -0.05) is 38.1 Å². The molecule has 19 heavy (non-hydrogen) atoms. The lowest BCUT2D eigenvalue weighted by atomic mass is 10.1. The first-order valence-corrected chi connectivity index (χ1v) is 6.49. The Balaban J connectivity index is 2.23. The molecule has 4 heteroatoms. The van der Waals surface area contributed by atoms with Crippen molar-refractivity contribution >= 4 is 6.09 Å². The normalized spacial score (nSPS) is 9.74. The zero-order valence-corrected chi connectivity index (χ0v) is 11.4. The van der Waals surface area contributed by atoms with Crippen molar-refractivity contribution in [2.45, 2.75) is 19.8 Å². The van der Waals surface area contributed by atoms with Crippen LogP contribution in [-0.4, -0.2) is 25.9 Å². The summed E-state index contributed by atoms with van der Waals surface area (Å²) in [5.74, 6) is 0.826. The summed E-state index contributed by atoms with van der Waals surface area (Å²) in [4.78, 5) is 11.1. The number of aryl methyl sites for hydroxylation is 1. The van der Waals surface area contributed by atoms with E-state index < -0.39 is 6.09 Å². The zero-order chi connectivity index (χ0) is 13.9. The van der Waals surface area contributed by atoms with Crippen LogP contribution in [0.25, 0.3) is 0 Å². The van der Waals surface area contributed by atoms with Crippen LogP contribution in [0, 0.1) is 0 Å². The molecule has 1 N–H and O–H groups in total. The maximum atomic E-state index is 11.1. The van der Waals surface area contributed by atoms with Crippen LogP contribution in [0.2, 0.25) is 0 Å². The standard InChI is InChI=1S/C15H21NO3/c1-3-6-13-7-5-8-14(12-13)18-11-9-16-15(17)19-10-4-2/h4-5,7-8,12H,2-3,6,9-11H2,1H3,(H,16,17).